The molecule has 0 fully saturated rings. The van der Waals surface area contributed by atoms with Crippen LogP contribution in [-0.4, -0.2) is 12.1 Å². The quantitative estimate of drug-likeness (QED) is 0.726. The highest BCUT2D eigenvalue weighted by Gasteiger charge is 2.32. The van der Waals surface area contributed by atoms with Crippen LogP contribution in [0.2, 0.25) is 0 Å². The minimum atomic E-state index is 0.0408. The third-order valence-corrected chi connectivity index (χ3v) is 4.55. The van der Waals surface area contributed by atoms with Crippen LogP contribution >= 0.6 is 0 Å². The van der Waals surface area contributed by atoms with Crippen molar-refractivity contribution in [1.82, 2.24) is 0 Å². The molecule has 0 saturated heterocycles. The summed E-state index contributed by atoms with van der Waals surface area (Å²) in [5.41, 5.74) is 8.18. The molecule has 22 heavy (non-hydrogen) atoms. The lowest BCUT2D eigenvalue weighted by molar-refractivity contribution is 0.611. The van der Waals surface area contributed by atoms with E-state index < -0.39 is 0 Å². The fourth-order valence-corrected chi connectivity index (χ4v) is 3.52. The maximum atomic E-state index is 2.51. The van der Waals surface area contributed by atoms with Crippen molar-refractivity contribution >= 4 is 11.3 Å². The van der Waals surface area contributed by atoms with Crippen molar-refractivity contribution in [2.45, 2.75) is 40.2 Å². The van der Waals surface area contributed by atoms with E-state index in [0.29, 0.717) is 0 Å². The summed E-state index contributed by atoms with van der Waals surface area (Å²) in [6.45, 7) is 12.1. The Morgan fingerprint density at radius 3 is 2.18 bits per heavy atom. The van der Waals surface area contributed by atoms with Gasteiger partial charge in [0.15, 0.2) is 0 Å². The highest BCUT2D eigenvalue weighted by atomic mass is 15.2. The molecule has 3 rings (SSSR count). The molecule has 0 aromatic heterocycles. The lowest BCUT2D eigenvalue weighted by atomic mass is 9.99. The normalized spacial score (nSPS) is 16.8. The lowest BCUT2D eigenvalue weighted by Crippen LogP contribution is -2.39. The van der Waals surface area contributed by atoms with Crippen molar-refractivity contribution in [1.29, 1.82) is 0 Å². The molecule has 1 aliphatic rings. The summed E-state index contributed by atoms with van der Waals surface area (Å²) in [4.78, 5) is 2.51. The van der Waals surface area contributed by atoms with Gasteiger partial charge >= 0.3 is 0 Å². The number of aryl methyl sites for hydroxylation is 3. The molecule has 2 aromatic rings. The number of rotatable bonds is 2. The van der Waals surface area contributed by atoms with E-state index in [9.17, 15) is 0 Å². The monoisotopic (exact) mass is 291 g/mol. The van der Waals surface area contributed by atoms with Crippen LogP contribution in [0.3, 0.4) is 0 Å². The van der Waals surface area contributed by atoms with Crippen LogP contribution in [0.5, 0.6) is 0 Å². The minimum Gasteiger partial charge on any atom is -0.358 e. The number of hydrogen-bond donors (Lipinski definition) is 0. The predicted molar refractivity (Wildman–Crippen MR) is 96.5 cm³/mol. The summed E-state index contributed by atoms with van der Waals surface area (Å²) >= 11 is 0. The highest BCUT2D eigenvalue weighted by molar-refractivity contribution is 5.78. The Labute approximate surface area is 134 Å². The molecule has 0 spiro atoms. The summed E-state index contributed by atoms with van der Waals surface area (Å²) in [5, 5.41) is 0. The van der Waals surface area contributed by atoms with Gasteiger partial charge in [-0.15, -0.1) is 0 Å². The minimum absolute atomic E-state index is 0.0408. The Balaban J connectivity index is 1.99. The van der Waals surface area contributed by atoms with Gasteiger partial charge in [0.1, 0.15) is 0 Å². The number of hydrogen-bond acceptors (Lipinski definition) is 1. The van der Waals surface area contributed by atoms with Gasteiger partial charge < -0.3 is 4.90 Å². The summed E-state index contributed by atoms with van der Waals surface area (Å²) < 4.78 is 0. The number of benzene rings is 2. The van der Waals surface area contributed by atoms with Gasteiger partial charge in [0.2, 0.25) is 0 Å². The van der Waals surface area contributed by atoms with Crippen LogP contribution in [0.15, 0.2) is 48.5 Å². The van der Waals surface area contributed by atoms with Crippen molar-refractivity contribution in [2.75, 3.05) is 11.4 Å². The third-order valence-electron chi connectivity index (χ3n) is 4.55. The molecule has 0 saturated carbocycles. The van der Waals surface area contributed by atoms with Crippen molar-refractivity contribution in [3.8, 4) is 0 Å². The Morgan fingerprint density at radius 1 is 0.909 bits per heavy atom. The Kier molecular flexibility index (Phi) is 3.60. The van der Waals surface area contributed by atoms with Crippen LogP contribution in [0.25, 0.3) is 5.57 Å². The van der Waals surface area contributed by atoms with Crippen molar-refractivity contribution in [3.63, 3.8) is 0 Å². The summed E-state index contributed by atoms with van der Waals surface area (Å²) in [5.74, 6) is 0. The molecule has 0 N–H and O–H groups in total. The fourth-order valence-electron chi connectivity index (χ4n) is 3.52. The van der Waals surface area contributed by atoms with E-state index >= 15 is 0 Å². The smallest absolute Gasteiger partial charge is 0.0538 e. The van der Waals surface area contributed by atoms with Crippen LogP contribution < -0.4 is 4.90 Å². The summed E-state index contributed by atoms with van der Waals surface area (Å²) in [7, 11) is 0. The zero-order chi connectivity index (χ0) is 15.9. The van der Waals surface area contributed by atoms with Gasteiger partial charge in [0.05, 0.1) is 5.54 Å². The van der Waals surface area contributed by atoms with Crippen molar-refractivity contribution < 1.29 is 0 Å². The molecular formula is C21H25N. The van der Waals surface area contributed by atoms with E-state index in [4.69, 9.17) is 0 Å². The Bertz CT molecular complexity index is 717. The predicted octanol–water partition coefficient (Wildman–Crippen LogP) is 5.29. The zero-order valence-electron chi connectivity index (χ0n) is 14.3. The molecule has 1 heteroatoms. The van der Waals surface area contributed by atoms with Crippen LogP contribution in [0.1, 0.15) is 36.1 Å². The molecule has 0 amide bonds. The molecule has 2 aromatic carbocycles. The molecular weight excluding hydrogens is 266 g/mol. The van der Waals surface area contributed by atoms with Crippen molar-refractivity contribution in [2.24, 2.45) is 0 Å². The highest BCUT2D eigenvalue weighted by Crippen LogP contribution is 2.37. The summed E-state index contributed by atoms with van der Waals surface area (Å²) in [6.07, 6.45) is 2.42. The second kappa shape index (κ2) is 5.31. The Hall–Kier alpha value is -2.02. The summed E-state index contributed by atoms with van der Waals surface area (Å²) in [6, 6.07) is 15.5. The molecule has 0 aliphatic carbocycles. The second-order valence-electron chi connectivity index (χ2n) is 7.07. The van der Waals surface area contributed by atoms with Gasteiger partial charge in [-0.25, -0.2) is 0 Å². The zero-order valence-corrected chi connectivity index (χ0v) is 14.3. The maximum Gasteiger partial charge on any atom is 0.0538 e. The van der Waals surface area contributed by atoms with Crippen LogP contribution in [0, 0.1) is 20.8 Å². The molecule has 0 unspecified atom stereocenters. The van der Waals surface area contributed by atoms with Gasteiger partial charge in [0, 0.05) is 12.2 Å². The van der Waals surface area contributed by atoms with Crippen LogP contribution in [0.4, 0.5) is 5.69 Å². The first-order valence-corrected chi connectivity index (χ1v) is 8.00. The van der Waals surface area contributed by atoms with E-state index in [1.807, 2.05) is 0 Å². The molecule has 1 aliphatic heterocycles. The molecule has 1 heterocycles. The molecule has 114 valence electrons. The fraction of sp³-hybridized carbons (Fsp3) is 0.333. The van der Waals surface area contributed by atoms with Crippen molar-refractivity contribution in [3.05, 3.63) is 70.8 Å². The van der Waals surface area contributed by atoms with Gasteiger partial charge in [-0.2, -0.15) is 0 Å². The van der Waals surface area contributed by atoms with E-state index in [1.165, 1.54) is 33.5 Å². The van der Waals surface area contributed by atoms with Crippen LogP contribution in [-0.2, 0) is 0 Å². The Morgan fingerprint density at radius 2 is 1.55 bits per heavy atom. The largest absolute Gasteiger partial charge is 0.358 e. The maximum absolute atomic E-state index is 2.51. The number of para-hydroxylation sites is 1. The molecule has 0 atom stereocenters. The molecule has 1 nitrogen and oxygen atoms in total. The SMILES string of the molecule is Cc1cc(C)cc(C2=CC(C)(C)N(c3ccccc3C)C2)c1. The number of nitrogens with zero attached hydrogens (tertiary/aromatic N) is 1. The third kappa shape index (κ3) is 2.68. The van der Waals surface area contributed by atoms with Gasteiger partial charge in [-0.05, 0) is 57.4 Å². The first kappa shape index (κ1) is 14.9. The van der Waals surface area contributed by atoms with E-state index in [-0.39, 0.29) is 5.54 Å². The van der Waals surface area contributed by atoms with Gasteiger partial charge in [-0.3, -0.25) is 0 Å². The standard InChI is InChI=1S/C21H25N/c1-15-10-16(2)12-18(11-15)19-13-21(4,5)22(14-19)20-9-7-6-8-17(20)3/h6-13H,14H2,1-5H3. The van der Waals surface area contributed by atoms with E-state index in [2.05, 4.69) is 88.1 Å². The second-order valence-corrected chi connectivity index (χ2v) is 7.07. The van der Waals surface area contributed by atoms with Gasteiger partial charge in [0.25, 0.3) is 0 Å². The van der Waals surface area contributed by atoms with Gasteiger partial charge in [-0.1, -0.05) is 53.6 Å². The first-order valence-electron chi connectivity index (χ1n) is 8.00. The van der Waals surface area contributed by atoms with E-state index in [1.54, 1.807) is 0 Å². The first-order chi connectivity index (χ1) is 10.4. The number of anilines is 1. The molecule has 0 bridgehead atoms. The average Bonchev–Trinajstić information content (AvgIpc) is 2.74. The lowest BCUT2D eigenvalue weighted by Gasteiger charge is -2.34. The average molecular weight is 291 g/mol. The van der Waals surface area contributed by atoms with E-state index in [0.717, 1.165) is 6.54 Å². The molecule has 0 radical (unpaired) electrons. The topological polar surface area (TPSA) is 3.24 Å².